The van der Waals surface area contributed by atoms with E-state index in [2.05, 4.69) is 25.7 Å². The maximum atomic E-state index is 3.39. The highest BCUT2D eigenvalue weighted by Crippen LogP contribution is 2.24. The molecule has 0 amide bonds. The van der Waals surface area contributed by atoms with Gasteiger partial charge in [-0.05, 0) is 18.8 Å². The van der Waals surface area contributed by atoms with E-state index >= 15 is 0 Å². The summed E-state index contributed by atoms with van der Waals surface area (Å²) in [5.41, 5.74) is 0. The molecule has 0 aromatic rings. The fourth-order valence-electron chi connectivity index (χ4n) is 1.63. The van der Waals surface area contributed by atoms with Gasteiger partial charge < -0.3 is 5.32 Å². The van der Waals surface area contributed by atoms with Gasteiger partial charge in [-0.2, -0.15) is 0 Å². The van der Waals surface area contributed by atoms with Gasteiger partial charge in [0.2, 0.25) is 0 Å². The zero-order valence-electron chi connectivity index (χ0n) is 7.77. The summed E-state index contributed by atoms with van der Waals surface area (Å²) < 4.78 is 0. The molecule has 0 bridgehead atoms. The zero-order chi connectivity index (χ0) is 8.10. The molecule has 1 nitrogen and oxygen atoms in total. The normalized spacial score (nSPS) is 21.0. The lowest BCUT2D eigenvalue weighted by Gasteiger charge is -2.22. The molecule has 0 spiro atoms. The number of nitrogens with one attached hydrogen (secondary N) is 1. The summed E-state index contributed by atoms with van der Waals surface area (Å²) in [5.74, 6) is 0.853. The molecule has 0 heterocycles. The van der Waals surface area contributed by atoms with Crippen molar-refractivity contribution in [1.29, 1.82) is 0 Å². The van der Waals surface area contributed by atoms with E-state index < -0.39 is 0 Å². The highest BCUT2D eigenvalue weighted by Gasteiger charge is 2.13. The van der Waals surface area contributed by atoms with Gasteiger partial charge in [0.25, 0.3) is 0 Å². The van der Waals surface area contributed by atoms with E-state index in [1.54, 1.807) is 0 Å². The van der Waals surface area contributed by atoms with Crippen LogP contribution in [0.25, 0.3) is 0 Å². The molecule has 0 aromatic carbocycles. The van der Waals surface area contributed by atoms with Gasteiger partial charge in [0, 0.05) is 12.6 Å². The van der Waals surface area contributed by atoms with Crippen LogP contribution in [0, 0.1) is 12.5 Å². The molecule has 0 saturated heterocycles. The predicted octanol–water partition coefficient (Wildman–Crippen LogP) is 2.73. The van der Waals surface area contributed by atoms with Crippen LogP contribution in [0.4, 0.5) is 0 Å². The Morgan fingerprint density at radius 3 is 2.36 bits per heavy atom. The Balaban J connectivity index is 2.05. The highest BCUT2D eigenvalue weighted by atomic mass is 14.9. The van der Waals surface area contributed by atoms with Crippen molar-refractivity contribution in [2.45, 2.75) is 52.0 Å². The fraction of sp³-hybridized carbons (Fsp3) is 0.900. The van der Waals surface area contributed by atoms with E-state index in [9.17, 15) is 0 Å². The SMILES string of the molecule is CC(C)N[CH]C1CCCCC1. The molecule has 11 heavy (non-hydrogen) atoms. The molecule has 1 aliphatic carbocycles. The monoisotopic (exact) mass is 154 g/mol. The Hall–Kier alpha value is -0.0400. The molecule has 0 atom stereocenters. The van der Waals surface area contributed by atoms with Gasteiger partial charge in [-0.1, -0.05) is 33.1 Å². The minimum atomic E-state index is 0.608. The topological polar surface area (TPSA) is 12.0 Å². The second kappa shape index (κ2) is 4.76. The van der Waals surface area contributed by atoms with E-state index in [0.717, 1.165) is 5.92 Å². The van der Waals surface area contributed by atoms with Gasteiger partial charge in [0.1, 0.15) is 0 Å². The first-order valence-corrected chi connectivity index (χ1v) is 4.88. The van der Waals surface area contributed by atoms with Gasteiger partial charge in [-0.25, -0.2) is 0 Å². The Morgan fingerprint density at radius 1 is 1.18 bits per heavy atom. The van der Waals surface area contributed by atoms with Gasteiger partial charge in [0.05, 0.1) is 0 Å². The van der Waals surface area contributed by atoms with Crippen LogP contribution in [-0.4, -0.2) is 6.04 Å². The number of rotatable bonds is 3. The molecule has 65 valence electrons. The summed E-state index contributed by atoms with van der Waals surface area (Å²) >= 11 is 0. The van der Waals surface area contributed by atoms with Crippen LogP contribution in [0.15, 0.2) is 0 Å². The molecule has 1 heteroatoms. The summed E-state index contributed by atoms with van der Waals surface area (Å²) in [6, 6.07) is 0.608. The lowest BCUT2D eigenvalue weighted by Crippen LogP contribution is -2.24. The minimum absolute atomic E-state index is 0.608. The van der Waals surface area contributed by atoms with E-state index in [1.165, 1.54) is 32.1 Å². The van der Waals surface area contributed by atoms with Gasteiger partial charge in [-0.3, -0.25) is 0 Å². The maximum Gasteiger partial charge on any atom is 0.0254 e. The summed E-state index contributed by atoms with van der Waals surface area (Å²) in [6.45, 7) is 6.70. The molecule has 0 aromatic heterocycles. The average molecular weight is 154 g/mol. The number of hydrogen-bond acceptors (Lipinski definition) is 1. The third-order valence-electron chi connectivity index (χ3n) is 2.32. The molecule has 0 unspecified atom stereocenters. The molecule has 0 aliphatic heterocycles. The van der Waals surface area contributed by atoms with Crippen LogP contribution in [0.5, 0.6) is 0 Å². The van der Waals surface area contributed by atoms with E-state index in [1.807, 2.05) is 0 Å². The smallest absolute Gasteiger partial charge is 0.0254 e. The molecule has 1 N–H and O–H groups in total. The van der Waals surface area contributed by atoms with Gasteiger partial charge in [-0.15, -0.1) is 0 Å². The second-order valence-corrected chi connectivity index (χ2v) is 3.89. The molecule has 1 radical (unpaired) electrons. The summed E-state index contributed by atoms with van der Waals surface area (Å²) in [5, 5.41) is 3.39. The molecule has 1 aliphatic rings. The minimum Gasteiger partial charge on any atom is -0.310 e. The number of hydrogen-bond donors (Lipinski definition) is 1. The Bertz CT molecular complexity index is 93.0. The molecule has 1 rings (SSSR count). The van der Waals surface area contributed by atoms with Crippen molar-refractivity contribution in [2.75, 3.05) is 0 Å². The average Bonchev–Trinajstić information content (AvgIpc) is 2.03. The largest absolute Gasteiger partial charge is 0.310 e. The highest BCUT2D eigenvalue weighted by molar-refractivity contribution is 4.78. The van der Waals surface area contributed by atoms with Gasteiger partial charge >= 0.3 is 0 Å². The first-order chi connectivity index (χ1) is 5.29. The fourth-order valence-corrected chi connectivity index (χ4v) is 1.63. The van der Waals surface area contributed by atoms with E-state index in [-0.39, 0.29) is 0 Å². The molecular formula is C10H20N. The summed E-state index contributed by atoms with van der Waals surface area (Å²) in [6.07, 6.45) is 7.12. The van der Waals surface area contributed by atoms with Crippen molar-refractivity contribution in [3.05, 3.63) is 6.54 Å². The van der Waals surface area contributed by atoms with Crippen LogP contribution in [0.1, 0.15) is 46.0 Å². The quantitative estimate of drug-likeness (QED) is 0.659. The Morgan fingerprint density at radius 2 is 1.82 bits per heavy atom. The molecule has 1 saturated carbocycles. The van der Waals surface area contributed by atoms with Crippen molar-refractivity contribution in [2.24, 2.45) is 5.92 Å². The van der Waals surface area contributed by atoms with Crippen molar-refractivity contribution < 1.29 is 0 Å². The first kappa shape index (κ1) is 9.05. The lowest BCUT2D eigenvalue weighted by atomic mass is 9.89. The maximum absolute atomic E-state index is 3.39. The molecule has 1 fully saturated rings. The summed E-state index contributed by atoms with van der Waals surface area (Å²) in [7, 11) is 0. The van der Waals surface area contributed by atoms with Crippen molar-refractivity contribution >= 4 is 0 Å². The van der Waals surface area contributed by atoms with Crippen LogP contribution < -0.4 is 5.32 Å². The lowest BCUT2D eigenvalue weighted by molar-refractivity contribution is 0.374. The molecular weight excluding hydrogens is 134 g/mol. The van der Waals surface area contributed by atoms with E-state index in [0.29, 0.717) is 6.04 Å². The predicted molar refractivity (Wildman–Crippen MR) is 49.1 cm³/mol. The Labute approximate surface area is 70.6 Å². The summed E-state index contributed by atoms with van der Waals surface area (Å²) in [4.78, 5) is 0. The third kappa shape index (κ3) is 3.76. The van der Waals surface area contributed by atoms with Crippen molar-refractivity contribution in [1.82, 2.24) is 5.32 Å². The van der Waals surface area contributed by atoms with Crippen LogP contribution in [0.2, 0.25) is 0 Å². The standard InChI is InChI=1S/C10H20N/c1-9(2)11-8-10-6-4-3-5-7-10/h8-11H,3-7H2,1-2H3. The van der Waals surface area contributed by atoms with E-state index in [4.69, 9.17) is 0 Å². The van der Waals surface area contributed by atoms with Crippen LogP contribution in [-0.2, 0) is 0 Å². The second-order valence-electron chi connectivity index (χ2n) is 3.89. The van der Waals surface area contributed by atoms with Crippen LogP contribution >= 0.6 is 0 Å². The van der Waals surface area contributed by atoms with Crippen LogP contribution in [0.3, 0.4) is 0 Å². The zero-order valence-corrected chi connectivity index (χ0v) is 7.77. The first-order valence-electron chi connectivity index (χ1n) is 4.88. The van der Waals surface area contributed by atoms with Gasteiger partial charge in [0.15, 0.2) is 0 Å². The van der Waals surface area contributed by atoms with Crippen molar-refractivity contribution in [3.8, 4) is 0 Å². The Kier molecular flexibility index (Phi) is 3.92. The third-order valence-corrected chi connectivity index (χ3v) is 2.32. The van der Waals surface area contributed by atoms with Crippen molar-refractivity contribution in [3.63, 3.8) is 0 Å².